The summed E-state index contributed by atoms with van der Waals surface area (Å²) in [7, 11) is 0. The van der Waals surface area contributed by atoms with Crippen molar-refractivity contribution in [2.45, 2.75) is 40.2 Å². The molecule has 0 saturated carbocycles. The van der Waals surface area contributed by atoms with E-state index in [-0.39, 0.29) is 0 Å². The van der Waals surface area contributed by atoms with Crippen LogP contribution in [-0.2, 0) is 6.42 Å². The lowest BCUT2D eigenvalue weighted by atomic mass is 10.2. The largest absolute Gasteiger partial charge is 0.326 e. The summed E-state index contributed by atoms with van der Waals surface area (Å²) in [4.78, 5) is 4.38. The van der Waals surface area contributed by atoms with Gasteiger partial charge in [0.1, 0.15) is 5.82 Å². The standard InChI is InChI=1S/C11H18N2/c1-6-11-12-7-10(8(2)3)13(11)9(4)5/h7,9H,2,6H2,1,3-5H3. The normalized spacial score (nSPS) is 10.8. The Labute approximate surface area is 80.3 Å². The highest BCUT2D eigenvalue weighted by Crippen LogP contribution is 2.19. The maximum atomic E-state index is 4.38. The van der Waals surface area contributed by atoms with Crippen LogP contribution in [0.15, 0.2) is 12.8 Å². The number of hydrogen-bond acceptors (Lipinski definition) is 1. The average molecular weight is 178 g/mol. The molecule has 1 rings (SSSR count). The molecule has 1 heterocycles. The molecule has 0 atom stereocenters. The minimum absolute atomic E-state index is 0.462. The fourth-order valence-corrected chi connectivity index (χ4v) is 1.55. The molecule has 0 saturated heterocycles. The summed E-state index contributed by atoms with van der Waals surface area (Å²) in [6.45, 7) is 12.5. The second kappa shape index (κ2) is 3.77. The van der Waals surface area contributed by atoms with Gasteiger partial charge in [0.25, 0.3) is 0 Å². The Hall–Kier alpha value is -1.05. The van der Waals surface area contributed by atoms with Gasteiger partial charge in [0.05, 0.1) is 11.9 Å². The Morgan fingerprint density at radius 3 is 2.62 bits per heavy atom. The van der Waals surface area contributed by atoms with E-state index in [1.54, 1.807) is 0 Å². The summed E-state index contributed by atoms with van der Waals surface area (Å²) in [6.07, 6.45) is 2.90. The maximum Gasteiger partial charge on any atom is 0.109 e. The van der Waals surface area contributed by atoms with Crippen LogP contribution < -0.4 is 0 Å². The van der Waals surface area contributed by atoms with Crippen molar-refractivity contribution in [2.75, 3.05) is 0 Å². The third kappa shape index (κ3) is 1.82. The SMILES string of the molecule is C=C(C)c1cnc(CC)n1C(C)C. The van der Waals surface area contributed by atoms with E-state index < -0.39 is 0 Å². The molecule has 2 nitrogen and oxygen atoms in total. The monoisotopic (exact) mass is 178 g/mol. The number of imidazole rings is 1. The van der Waals surface area contributed by atoms with E-state index in [4.69, 9.17) is 0 Å². The van der Waals surface area contributed by atoms with Gasteiger partial charge < -0.3 is 4.57 Å². The van der Waals surface area contributed by atoms with Crippen LogP contribution in [0.3, 0.4) is 0 Å². The van der Waals surface area contributed by atoms with Crippen molar-refractivity contribution < 1.29 is 0 Å². The van der Waals surface area contributed by atoms with Gasteiger partial charge in [0.2, 0.25) is 0 Å². The predicted octanol–water partition coefficient (Wildman–Crippen LogP) is 3.06. The summed E-state index contributed by atoms with van der Waals surface area (Å²) in [6, 6.07) is 0.462. The van der Waals surface area contributed by atoms with E-state index in [9.17, 15) is 0 Å². The van der Waals surface area contributed by atoms with Crippen molar-refractivity contribution in [1.82, 2.24) is 9.55 Å². The zero-order valence-electron chi connectivity index (χ0n) is 8.96. The zero-order chi connectivity index (χ0) is 10.0. The molecule has 0 radical (unpaired) electrons. The topological polar surface area (TPSA) is 17.8 Å². The summed E-state index contributed by atoms with van der Waals surface area (Å²) >= 11 is 0. The Balaban J connectivity index is 3.22. The van der Waals surface area contributed by atoms with Crippen LogP contribution in [0.2, 0.25) is 0 Å². The number of aryl methyl sites for hydroxylation is 1. The Morgan fingerprint density at radius 1 is 1.62 bits per heavy atom. The van der Waals surface area contributed by atoms with Crippen molar-refractivity contribution in [3.05, 3.63) is 24.3 Å². The number of hydrogen-bond donors (Lipinski definition) is 0. The lowest BCUT2D eigenvalue weighted by Crippen LogP contribution is -2.08. The lowest BCUT2D eigenvalue weighted by Gasteiger charge is -2.14. The quantitative estimate of drug-likeness (QED) is 0.695. The molecular formula is C11H18N2. The van der Waals surface area contributed by atoms with Gasteiger partial charge in [-0.15, -0.1) is 0 Å². The minimum Gasteiger partial charge on any atom is -0.326 e. The molecule has 0 bridgehead atoms. The zero-order valence-corrected chi connectivity index (χ0v) is 8.96. The Kier molecular flexibility index (Phi) is 2.91. The first kappa shape index (κ1) is 10.0. The van der Waals surface area contributed by atoms with Crippen molar-refractivity contribution in [2.24, 2.45) is 0 Å². The smallest absolute Gasteiger partial charge is 0.109 e. The third-order valence-electron chi connectivity index (χ3n) is 2.14. The van der Waals surface area contributed by atoms with Crippen LogP contribution >= 0.6 is 0 Å². The van der Waals surface area contributed by atoms with Gasteiger partial charge >= 0.3 is 0 Å². The highest BCUT2D eigenvalue weighted by Gasteiger charge is 2.10. The van der Waals surface area contributed by atoms with Gasteiger partial charge in [-0.2, -0.15) is 0 Å². The van der Waals surface area contributed by atoms with E-state index in [0.717, 1.165) is 23.5 Å². The van der Waals surface area contributed by atoms with Crippen LogP contribution in [0.1, 0.15) is 45.3 Å². The number of rotatable bonds is 3. The van der Waals surface area contributed by atoms with Crippen LogP contribution in [0.25, 0.3) is 5.57 Å². The molecule has 72 valence electrons. The van der Waals surface area contributed by atoms with Gasteiger partial charge in [-0.25, -0.2) is 4.98 Å². The van der Waals surface area contributed by atoms with Crippen molar-refractivity contribution in [1.29, 1.82) is 0 Å². The molecule has 1 aromatic heterocycles. The highest BCUT2D eigenvalue weighted by atomic mass is 15.1. The molecule has 0 aliphatic heterocycles. The lowest BCUT2D eigenvalue weighted by molar-refractivity contribution is 0.566. The van der Waals surface area contributed by atoms with Crippen LogP contribution in [0.5, 0.6) is 0 Å². The van der Waals surface area contributed by atoms with Crippen LogP contribution in [-0.4, -0.2) is 9.55 Å². The van der Waals surface area contributed by atoms with E-state index in [1.165, 1.54) is 0 Å². The maximum absolute atomic E-state index is 4.38. The molecule has 0 spiro atoms. The molecule has 0 aromatic carbocycles. The molecule has 0 fully saturated rings. The molecule has 0 aliphatic rings. The second-order valence-electron chi connectivity index (χ2n) is 3.66. The fraction of sp³-hybridized carbons (Fsp3) is 0.545. The summed E-state index contributed by atoms with van der Waals surface area (Å²) in [5.74, 6) is 1.15. The number of aromatic nitrogens is 2. The Bertz CT molecular complexity index is 308. The minimum atomic E-state index is 0.462. The molecule has 13 heavy (non-hydrogen) atoms. The summed E-state index contributed by atoms with van der Waals surface area (Å²) < 4.78 is 2.25. The van der Waals surface area contributed by atoms with Crippen molar-refractivity contribution >= 4 is 5.57 Å². The molecule has 2 heteroatoms. The molecule has 0 amide bonds. The Morgan fingerprint density at radius 2 is 2.23 bits per heavy atom. The number of nitrogens with zero attached hydrogens (tertiary/aromatic N) is 2. The molecular weight excluding hydrogens is 160 g/mol. The predicted molar refractivity (Wildman–Crippen MR) is 56.7 cm³/mol. The first-order chi connectivity index (χ1) is 6.07. The van der Waals surface area contributed by atoms with Crippen LogP contribution in [0.4, 0.5) is 0 Å². The summed E-state index contributed by atoms with van der Waals surface area (Å²) in [5.41, 5.74) is 2.24. The average Bonchev–Trinajstić information content (AvgIpc) is 2.46. The highest BCUT2D eigenvalue weighted by molar-refractivity contribution is 5.58. The van der Waals surface area contributed by atoms with Gasteiger partial charge in [-0.05, 0) is 26.3 Å². The van der Waals surface area contributed by atoms with Crippen molar-refractivity contribution in [3.8, 4) is 0 Å². The van der Waals surface area contributed by atoms with Gasteiger partial charge in [-0.1, -0.05) is 13.5 Å². The molecule has 1 aromatic rings. The second-order valence-corrected chi connectivity index (χ2v) is 3.66. The molecule has 0 unspecified atom stereocenters. The van der Waals surface area contributed by atoms with Crippen LogP contribution in [0, 0.1) is 0 Å². The van der Waals surface area contributed by atoms with Gasteiger partial charge in [-0.3, -0.25) is 0 Å². The van der Waals surface area contributed by atoms with E-state index in [0.29, 0.717) is 6.04 Å². The van der Waals surface area contributed by atoms with E-state index >= 15 is 0 Å². The molecule has 0 aliphatic carbocycles. The third-order valence-corrected chi connectivity index (χ3v) is 2.14. The van der Waals surface area contributed by atoms with E-state index in [2.05, 4.69) is 36.9 Å². The van der Waals surface area contributed by atoms with Gasteiger partial charge in [0, 0.05) is 12.5 Å². The first-order valence-electron chi connectivity index (χ1n) is 4.79. The number of allylic oxidation sites excluding steroid dienone is 1. The van der Waals surface area contributed by atoms with E-state index in [1.807, 2.05) is 13.1 Å². The summed E-state index contributed by atoms with van der Waals surface area (Å²) in [5, 5.41) is 0. The first-order valence-corrected chi connectivity index (χ1v) is 4.79. The van der Waals surface area contributed by atoms with Gasteiger partial charge in [0.15, 0.2) is 0 Å². The molecule has 0 N–H and O–H groups in total. The van der Waals surface area contributed by atoms with Crippen molar-refractivity contribution in [3.63, 3.8) is 0 Å². The fourth-order valence-electron chi connectivity index (χ4n) is 1.55.